The van der Waals surface area contributed by atoms with Gasteiger partial charge in [0.05, 0.1) is 6.61 Å². The van der Waals surface area contributed by atoms with Crippen LogP contribution in [0.5, 0.6) is 0 Å². The largest absolute Gasteiger partial charge is 0.361 e. The fourth-order valence-corrected chi connectivity index (χ4v) is 3.06. The molecule has 1 unspecified atom stereocenters. The number of hydroxylamine groups is 1. The predicted octanol–water partition coefficient (Wildman–Crippen LogP) is 4.07. The smallest absolute Gasteiger partial charge is 0.244 e. The molecule has 0 radical (unpaired) electrons. The van der Waals surface area contributed by atoms with Crippen LogP contribution in [-0.2, 0) is 9.63 Å². The molecule has 0 aliphatic rings. The summed E-state index contributed by atoms with van der Waals surface area (Å²) in [6.45, 7) is 4.36. The van der Waals surface area contributed by atoms with E-state index in [4.69, 9.17) is 4.84 Å². The summed E-state index contributed by atoms with van der Waals surface area (Å²) >= 11 is 0. The van der Waals surface area contributed by atoms with E-state index in [9.17, 15) is 4.79 Å². The monoisotopic (exact) mass is 322 g/mol. The number of carbonyl (C=O) groups excluding carboxylic acids is 1. The minimum atomic E-state index is -0.117. The zero-order valence-corrected chi connectivity index (χ0v) is 14.0. The summed E-state index contributed by atoms with van der Waals surface area (Å²) in [5.74, 6) is -0.143. The lowest BCUT2D eigenvalue weighted by molar-refractivity contribution is -0.133. The second-order valence-electron chi connectivity index (χ2n) is 5.92. The Morgan fingerprint density at radius 1 is 1.21 bits per heavy atom. The fraction of sp³-hybridized carbons (Fsp3) is 0.250. The number of amides is 1. The summed E-state index contributed by atoms with van der Waals surface area (Å²) in [6.07, 6.45) is 2.34. The van der Waals surface area contributed by atoms with Gasteiger partial charge in [0, 0.05) is 29.4 Å². The van der Waals surface area contributed by atoms with Crippen LogP contribution in [0.15, 0.2) is 54.7 Å². The molecule has 0 bridgehead atoms. The van der Waals surface area contributed by atoms with Gasteiger partial charge in [-0.05, 0) is 31.0 Å². The van der Waals surface area contributed by atoms with Gasteiger partial charge in [-0.1, -0.05) is 48.0 Å². The van der Waals surface area contributed by atoms with Crippen molar-refractivity contribution in [3.05, 3.63) is 71.4 Å². The summed E-state index contributed by atoms with van der Waals surface area (Å²) in [6, 6.07) is 16.5. The first-order valence-electron chi connectivity index (χ1n) is 8.22. The summed E-state index contributed by atoms with van der Waals surface area (Å²) in [7, 11) is 0. The maximum absolute atomic E-state index is 12.3. The fourth-order valence-electron chi connectivity index (χ4n) is 3.06. The van der Waals surface area contributed by atoms with Crippen molar-refractivity contribution >= 4 is 16.8 Å². The van der Waals surface area contributed by atoms with Crippen molar-refractivity contribution in [3.8, 4) is 0 Å². The summed E-state index contributed by atoms with van der Waals surface area (Å²) in [4.78, 5) is 20.6. The number of H-pyrrole nitrogens is 1. The van der Waals surface area contributed by atoms with Gasteiger partial charge in [0.1, 0.15) is 0 Å². The Balaban J connectivity index is 2.00. The van der Waals surface area contributed by atoms with Gasteiger partial charge in [-0.2, -0.15) is 0 Å². The molecule has 1 atom stereocenters. The van der Waals surface area contributed by atoms with Crippen molar-refractivity contribution in [2.45, 2.75) is 26.2 Å². The molecule has 3 aromatic rings. The molecule has 0 saturated heterocycles. The molecule has 124 valence electrons. The van der Waals surface area contributed by atoms with Gasteiger partial charge in [0.15, 0.2) is 0 Å². The molecule has 1 amide bonds. The molecule has 0 aliphatic carbocycles. The number of carbonyl (C=O) groups is 1. The van der Waals surface area contributed by atoms with Gasteiger partial charge < -0.3 is 4.98 Å². The van der Waals surface area contributed by atoms with Crippen molar-refractivity contribution in [2.24, 2.45) is 0 Å². The first kappa shape index (κ1) is 16.3. The molecule has 1 heterocycles. The highest BCUT2D eigenvalue weighted by Crippen LogP contribution is 2.33. The number of hydrogen-bond acceptors (Lipinski definition) is 2. The molecule has 2 N–H and O–H groups in total. The highest BCUT2D eigenvalue weighted by Gasteiger charge is 2.21. The lowest BCUT2D eigenvalue weighted by Gasteiger charge is -2.17. The topological polar surface area (TPSA) is 54.1 Å². The number of rotatable bonds is 6. The number of aromatic amines is 1. The van der Waals surface area contributed by atoms with Crippen LogP contribution >= 0.6 is 0 Å². The number of para-hydroxylation sites is 1. The molecule has 0 fully saturated rings. The van der Waals surface area contributed by atoms with Gasteiger partial charge in [-0.15, -0.1) is 0 Å². The molecule has 0 aliphatic heterocycles. The van der Waals surface area contributed by atoms with Gasteiger partial charge >= 0.3 is 0 Å². The van der Waals surface area contributed by atoms with Crippen LogP contribution in [0.25, 0.3) is 10.9 Å². The molecule has 0 saturated carbocycles. The van der Waals surface area contributed by atoms with E-state index >= 15 is 0 Å². The van der Waals surface area contributed by atoms with Crippen LogP contribution in [0, 0.1) is 6.92 Å². The molecule has 24 heavy (non-hydrogen) atoms. The van der Waals surface area contributed by atoms with Crippen molar-refractivity contribution in [1.82, 2.24) is 10.5 Å². The number of fused-ring (bicyclic) bond motifs is 1. The van der Waals surface area contributed by atoms with Crippen molar-refractivity contribution < 1.29 is 9.63 Å². The Bertz CT molecular complexity index is 838. The van der Waals surface area contributed by atoms with Crippen LogP contribution in [-0.4, -0.2) is 17.5 Å². The maximum Gasteiger partial charge on any atom is 0.244 e. The molecule has 2 aromatic carbocycles. The van der Waals surface area contributed by atoms with Crippen molar-refractivity contribution in [3.63, 3.8) is 0 Å². The standard InChI is InChI=1S/C20H22N2O2/c1-3-24-22-20(23)12-17(15-8-6-7-14(2)11-15)18-13-21-19-10-5-4-9-16(18)19/h4-11,13,17,21H,3,12H2,1-2H3,(H,22,23). The van der Waals surface area contributed by atoms with Crippen molar-refractivity contribution in [2.75, 3.05) is 6.61 Å². The Kier molecular flexibility index (Phi) is 4.96. The third-order valence-electron chi connectivity index (χ3n) is 4.16. The second kappa shape index (κ2) is 7.32. The molecule has 0 spiro atoms. The van der Waals surface area contributed by atoms with Crippen LogP contribution in [0.4, 0.5) is 0 Å². The van der Waals surface area contributed by atoms with E-state index in [1.54, 1.807) is 0 Å². The lowest BCUT2D eigenvalue weighted by atomic mass is 9.87. The minimum Gasteiger partial charge on any atom is -0.361 e. The molecule has 4 heteroatoms. The Labute approximate surface area is 141 Å². The molecule has 3 rings (SSSR count). The molecular formula is C20H22N2O2. The van der Waals surface area contributed by atoms with E-state index in [0.29, 0.717) is 13.0 Å². The summed E-state index contributed by atoms with van der Waals surface area (Å²) in [5, 5.41) is 1.15. The number of aryl methyl sites for hydroxylation is 1. The average molecular weight is 322 g/mol. The quantitative estimate of drug-likeness (QED) is 0.672. The van der Waals surface area contributed by atoms with Crippen LogP contribution in [0.1, 0.15) is 36.0 Å². The predicted molar refractivity (Wildman–Crippen MR) is 95.7 cm³/mol. The average Bonchev–Trinajstić information content (AvgIpc) is 3.02. The second-order valence-corrected chi connectivity index (χ2v) is 5.92. The highest BCUT2D eigenvalue weighted by molar-refractivity contribution is 5.85. The van der Waals surface area contributed by atoms with Crippen LogP contribution in [0.3, 0.4) is 0 Å². The van der Waals surface area contributed by atoms with Gasteiger partial charge in [-0.3, -0.25) is 9.63 Å². The zero-order valence-electron chi connectivity index (χ0n) is 14.0. The minimum absolute atomic E-state index is 0.0264. The Morgan fingerprint density at radius 2 is 2.04 bits per heavy atom. The van der Waals surface area contributed by atoms with Gasteiger partial charge in [0.25, 0.3) is 0 Å². The molecular weight excluding hydrogens is 300 g/mol. The van der Waals surface area contributed by atoms with Crippen LogP contribution < -0.4 is 5.48 Å². The SMILES string of the molecule is CCONC(=O)CC(c1cccc(C)c1)c1c[nH]c2ccccc12. The first-order valence-corrected chi connectivity index (χ1v) is 8.22. The highest BCUT2D eigenvalue weighted by atomic mass is 16.6. The van der Waals surface area contributed by atoms with E-state index in [1.807, 2.05) is 37.4 Å². The molecule has 4 nitrogen and oxygen atoms in total. The Hall–Kier alpha value is -2.59. The number of nitrogens with one attached hydrogen (secondary N) is 2. The van der Waals surface area contributed by atoms with Crippen molar-refractivity contribution in [1.29, 1.82) is 0 Å². The third-order valence-corrected chi connectivity index (χ3v) is 4.16. The normalized spacial score (nSPS) is 12.2. The zero-order chi connectivity index (χ0) is 16.9. The van der Waals surface area contributed by atoms with E-state index in [2.05, 4.69) is 41.7 Å². The van der Waals surface area contributed by atoms with Gasteiger partial charge in [-0.25, -0.2) is 5.48 Å². The third kappa shape index (κ3) is 3.49. The van der Waals surface area contributed by atoms with E-state index in [-0.39, 0.29) is 11.8 Å². The van der Waals surface area contributed by atoms with Gasteiger partial charge in [0.2, 0.25) is 5.91 Å². The molecule has 1 aromatic heterocycles. The Morgan fingerprint density at radius 3 is 2.83 bits per heavy atom. The summed E-state index contributed by atoms with van der Waals surface area (Å²) < 4.78 is 0. The van der Waals surface area contributed by atoms with E-state index in [0.717, 1.165) is 22.0 Å². The van der Waals surface area contributed by atoms with Crippen LogP contribution in [0.2, 0.25) is 0 Å². The number of aromatic nitrogens is 1. The first-order chi connectivity index (χ1) is 11.7. The van der Waals surface area contributed by atoms with E-state index in [1.165, 1.54) is 5.56 Å². The summed E-state index contributed by atoms with van der Waals surface area (Å²) in [5.41, 5.74) is 7.03. The number of hydrogen-bond donors (Lipinski definition) is 2. The number of benzene rings is 2. The maximum atomic E-state index is 12.3. The van der Waals surface area contributed by atoms with E-state index < -0.39 is 0 Å². The lowest BCUT2D eigenvalue weighted by Crippen LogP contribution is -2.25.